The quantitative estimate of drug-likeness (QED) is 0.781. The van der Waals surface area contributed by atoms with Crippen molar-refractivity contribution in [1.29, 1.82) is 0 Å². The van der Waals surface area contributed by atoms with E-state index in [9.17, 15) is 9.90 Å². The molecule has 1 fully saturated rings. The molecule has 1 aliphatic carbocycles. The zero-order chi connectivity index (χ0) is 18.5. The summed E-state index contributed by atoms with van der Waals surface area (Å²) >= 11 is 0. The van der Waals surface area contributed by atoms with Gasteiger partial charge in [-0.1, -0.05) is 6.42 Å². The zero-order valence-corrected chi connectivity index (χ0v) is 15.0. The van der Waals surface area contributed by atoms with Crippen molar-refractivity contribution in [2.45, 2.75) is 44.6 Å². The van der Waals surface area contributed by atoms with Crippen molar-refractivity contribution < 1.29 is 14.6 Å². The van der Waals surface area contributed by atoms with Crippen LogP contribution in [0.25, 0.3) is 0 Å². The Balaban J connectivity index is 1.92. The van der Waals surface area contributed by atoms with Crippen molar-refractivity contribution in [3.05, 3.63) is 41.9 Å². The largest absolute Gasteiger partial charge is 0.455 e. The molecule has 2 atom stereocenters. The van der Waals surface area contributed by atoms with E-state index in [1.54, 1.807) is 31.7 Å². The number of carbonyl (C=O) groups excluding carboxylic acids is 1. The van der Waals surface area contributed by atoms with Gasteiger partial charge in [0.1, 0.15) is 17.3 Å². The van der Waals surface area contributed by atoms with Crippen LogP contribution in [0, 0.1) is 6.92 Å². The number of anilines is 1. The fourth-order valence-corrected chi connectivity index (χ4v) is 3.25. The van der Waals surface area contributed by atoms with Crippen LogP contribution in [0.4, 0.5) is 10.6 Å². The first-order chi connectivity index (χ1) is 12.5. The molecule has 0 saturated heterocycles. The topological polar surface area (TPSA) is 96.4 Å². The summed E-state index contributed by atoms with van der Waals surface area (Å²) in [6.45, 7) is 1.95. The molecular weight excluding hydrogens is 332 g/mol. The molecule has 138 valence electrons. The number of hydrogen-bond donors (Lipinski definition) is 3. The average molecular weight is 356 g/mol. The number of aromatic nitrogens is 2. The van der Waals surface area contributed by atoms with Crippen molar-refractivity contribution in [2.24, 2.45) is 0 Å². The second-order valence-electron chi connectivity index (χ2n) is 6.63. The number of aliphatic hydroxyl groups is 1. The summed E-state index contributed by atoms with van der Waals surface area (Å²) in [5, 5.41) is 15.2. The zero-order valence-electron chi connectivity index (χ0n) is 15.0. The molecule has 0 unspecified atom stereocenters. The van der Waals surface area contributed by atoms with Crippen LogP contribution in [0.5, 0.6) is 11.5 Å². The number of ether oxygens (including phenoxy) is 1. The number of aliphatic hydroxyl groups excluding tert-OH is 1. The Morgan fingerprint density at radius 1 is 1.27 bits per heavy atom. The van der Waals surface area contributed by atoms with Crippen molar-refractivity contribution in [2.75, 3.05) is 12.4 Å². The predicted molar refractivity (Wildman–Crippen MR) is 98.6 cm³/mol. The standard InChI is InChI=1S/C19H24N4O3/c1-12-6-15(10-21-9-12)26-17-8-18(23-19(25)20-2)22-11-16(17)13-4-3-5-14(24)7-13/h6,8-11,13-14,24H,3-5,7H2,1-2H3,(H2,20,22,23,25)/t13-,14-/m0/s1. The van der Waals surface area contributed by atoms with Crippen LogP contribution < -0.4 is 15.4 Å². The number of rotatable bonds is 4. The Kier molecular flexibility index (Phi) is 5.68. The molecule has 2 aromatic rings. The Morgan fingerprint density at radius 2 is 2.12 bits per heavy atom. The first-order valence-electron chi connectivity index (χ1n) is 8.81. The van der Waals surface area contributed by atoms with Gasteiger partial charge in [-0.2, -0.15) is 0 Å². The van der Waals surface area contributed by atoms with Gasteiger partial charge in [0.15, 0.2) is 0 Å². The average Bonchev–Trinajstić information content (AvgIpc) is 2.62. The SMILES string of the molecule is CNC(=O)Nc1cc(Oc2cncc(C)c2)c([C@H]2CCC[C@H](O)C2)cn1. The van der Waals surface area contributed by atoms with Crippen molar-refractivity contribution in [1.82, 2.24) is 15.3 Å². The minimum atomic E-state index is -0.346. The highest BCUT2D eigenvalue weighted by Gasteiger charge is 2.25. The number of nitrogens with zero attached hydrogens (tertiary/aromatic N) is 2. The molecule has 7 nitrogen and oxygen atoms in total. The Bertz CT molecular complexity index is 781. The summed E-state index contributed by atoms with van der Waals surface area (Å²) in [4.78, 5) is 20.1. The normalized spacial score (nSPS) is 19.7. The van der Waals surface area contributed by atoms with Gasteiger partial charge in [-0.25, -0.2) is 9.78 Å². The fraction of sp³-hybridized carbons (Fsp3) is 0.421. The molecule has 2 heterocycles. The molecule has 0 spiro atoms. The van der Waals surface area contributed by atoms with Crippen molar-refractivity contribution in [3.8, 4) is 11.5 Å². The molecule has 26 heavy (non-hydrogen) atoms. The van der Waals surface area contributed by atoms with Crippen LogP contribution >= 0.6 is 0 Å². The fourth-order valence-electron chi connectivity index (χ4n) is 3.25. The van der Waals surface area contributed by atoms with Crippen molar-refractivity contribution in [3.63, 3.8) is 0 Å². The second-order valence-corrected chi connectivity index (χ2v) is 6.63. The van der Waals surface area contributed by atoms with Crippen molar-refractivity contribution >= 4 is 11.8 Å². The predicted octanol–water partition coefficient (Wildman–Crippen LogP) is 3.35. The molecule has 2 amide bonds. The summed E-state index contributed by atoms with van der Waals surface area (Å²) in [5.41, 5.74) is 1.93. The molecule has 3 rings (SSSR count). The molecule has 2 aromatic heterocycles. The van der Waals surface area contributed by atoms with Gasteiger partial charge in [-0.05, 0) is 43.7 Å². The Labute approximate surface area is 152 Å². The van der Waals surface area contributed by atoms with E-state index in [1.165, 1.54) is 0 Å². The van der Waals surface area contributed by atoms with Gasteiger partial charge in [0.05, 0.1) is 12.3 Å². The van der Waals surface area contributed by atoms with Crippen LogP contribution in [0.2, 0.25) is 0 Å². The smallest absolute Gasteiger partial charge is 0.320 e. The Hall–Kier alpha value is -2.67. The number of carbonyl (C=O) groups is 1. The lowest BCUT2D eigenvalue weighted by atomic mass is 9.83. The van der Waals surface area contributed by atoms with Gasteiger partial charge >= 0.3 is 6.03 Å². The van der Waals surface area contributed by atoms with Gasteiger partial charge in [-0.3, -0.25) is 10.3 Å². The summed E-state index contributed by atoms with van der Waals surface area (Å²) in [5.74, 6) is 1.82. The number of aryl methyl sites for hydroxylation is 1. The number of amides is 2. The summed E-state index contributed by atoms with van der Waals surface area (Å²) < 4.78 is 6.08. The van der Waals surface area contributed by atoms with E-state index in [2.05, 4.69) is 20.6 Å². The number of pyridine rings is 2. The van der Waals surface area contributed by atoms with Gasteiger partial charge < -0.3 is 15.2 Å². The van der Waals surface area contributed by atoms with E-state index in [1.807, 2.05) is 13.0 Å². The third-order valence-corrected chi connectivity index (χ3v) is 4.53. The van der Waals surface area contributed by atoms with Crippen LogP contribution in [0.3, 0.4) is 0 Å². The lowest BCUT2D eigenvalue weighted by Crippen LogP contribution is -2.25. The molecule has 7 heteroatoms. The first-order valence-corrected chi connectivity index (χ1v) is 8.81. The van der Waals surface area contributed by atoms with Gasteiger partial charge in [0.2, 0.25) is 0 Å². The lowest BCUT2D eigenvalue weighted by molar-refractivity contribution is 0.119. The molecule has 0 radical (unpaired) electrons. The first kappa shape index (κ1) is 18.1. The van der Waals surface area contributed by atoms with Crippen LogP contribution in [0.1, 0.15) is 42.7 Å². The minimum Gasteiger partial charge on any atom is -0.455 e. The van der Waals surface area contributed by atoms with Gasteiger partial charge in [0, 0.05) is 31.1 Å². The van der Waals surface area contributed by atoms with Gasteiger partial charge in [-0.15, -0.1) is 0 Å². The van der Waals surface area contributed by atoms with Crippen LogP contribution in [-0.2, 0) is 0 Å². The molecule has 1 saturated carbocycles. The van der Waals surface area contributed by atoms with E-state index >= 15 is 0 Å². The highest BCUT2D eigenvalue weighted by atomic mass is 16.5. The van der Waals surface area contributed by atoms with E-state index in [0.717, 1.165) is 30.4 Å². The second kappa shape index (κ2) is 8.14. The van der Waals surface area contributed by atoms with E-state index < -0.39 is 0 Å². The highest BCUT2D eigenvalue weighted by Crippen LogP contribution is 2.39. The van der Waals surface area contributed by atoms with Gasteiger partial charge in [0.25, 0.3) is 0 Å². The molecule has 1 aliphatic rings. The maximum absolute atomic E-state index is 11.6. The van der Waals surface area contributed by atoms with Crippen LogP contribution in [0.15, 0.2) is 30.7 Å². The monoisotopic (exact) mass is 356 g/mol. The summed E-state index contributed by atoms with van der Waals surface area (Å²) in [7, 11) is 1.54. The van der Waals surface area contributed by atoms with Crippen LogP contribution in [-0.4, -0.2) is 34.3 Å². The lowest BCUT2D eigenvalue weighted by Gasteiger charge is -2.27. The molecular formula is C19H24N4O3. The number of urea groups is 1. The minimum absolute atomic E-state index is 0.174. The van der Waals surface area contributed by atoms with E-state index in [0.29, 0.717) is 23.7 Å². The van der Waals surface area contributed by atoms with E-state index in [-0.39, 0.29) is 18.1 Å². The third-order valence-electron chi connectivity index (χ3n) is 4.53. The summed E-state index contributed by atoms with van der Waals surface area (Å²) in [6.07, 6.45) is 8.30. The summed E-state index contributed by atoms with van der Waals surface area (Å²) in [6, 6.07) is 3.27. The highest BCUT2D eigenvalue weighted by molar-refractivity contribution is 5.88. The Morgan fingerprint density at radius 3 is 2.85 bits per heavy atom. The maximum atomic E-state index is 11.6. The number of nitrogens with one attached hydrogen (secondary N) is 2. The van der Waals surface area contributed by atoms with E-state index in [4.69, 9.17) is 4.74 Å². The molecule has 3 N–H and O–H groups in total. The number of hydrogen-bond acceptors (Lipinski definition) is 5. The molecule has 0 aliphatic heterocycles. The molecule has 0 bridgehead atoms. The molecule has 0 aromatic carbocycles. The third kappa shape index (κ3) is 4.49. The maximum Gasteiger partial charge on any atom is 0.320 e.